The summed E-state index contributed by atoms with van der Waals surface area (Å²) in [6, 6.07) is 0. The molecule has 1 amide bonds. The van der Waals surface area contributed by atoms with Crippen LogP contribution in [-0.2, 0) is 4.79 Å². The lowest BCUT2D eigenvalue weighted by Gasteiger charge is -1.96. The molecule has 0 rings (SSSR count). The van der Waals surface area contributed by atoms with Crippen molar-refractivity contribution < 1.29 is 4.79 Å². The van der Waals surface area contributed by atoms with Gasteiger partial charge in [-0.3, -0.25) is 4.79 Å². The second kappa shape index (κ2) is 8.77. The number of hydrogen-bond acceptors (Lipinski definition) is 1. The first-order chi connectivity index (χ1) is 5.81. The Labute approximate surface area is 87.3 Å². The van der Waals surface area contributed by atoms with Crippen molar-refractivity contribution in [2.45, 2.75) is 12.8 Å². The van der Waals surface area contributed by atoms with Crippen molar-refractivity contribution in [2.75, 3.05) is 11.0 Å². The predicted octanol–water partition coefficient (Wildman–Crippen LogP) is 2.06. The Hall–Kier alpha value is -0.320. The highest BCUT2D eigenvalue weighted by Crippen LogP contribution is 1.91. The smallest absolute Gasteiger partial charge is 0.243 e. The maximum absolute atomic E-state index is 10.6. The van der Waals surface area contributed by atoms with E-state index in [0.29, 0.717) is 6.54 Å². The van der Waals surface area contributed by atoms with Gasteiger partial charge >= 0.3 is 0 Å². The average molecular weight is 279 g/mol. The zero-order valence-electron chi connectivity index (χ0n) is 7.05. The lowest BCUT2D eigenvalue weighted by Crippen LogP contribution is -2.21. The van der Waals surface area contributed by atoms with Crippen LogP contribution < -0.4 is 5.32 Å². The van der Waals surface area contributed by atoms with Gasteiger partial charge in [-0.1, -0.05) is 41.3 Å². The van der Waals surface area contributed by atoms with E-state index in [-0.39, 0.29) is 5.91 Å². The minimum absolute atomic E-state index is 0.0997. The van der Waals surface area contributed by atoms with Gasteiger partial charge in [-0.25, -0.2) is 0 Å². The Morgan fingerprint density at radius 3 is 2.67 bits per heavy atom. The standard InChI is InChI=1S/C9H14INO/c1-2-9(12)11-8-6-4-3-5-7-10/h2-4H,1,5-8H2,(H,11,12)/b4-3+. The summed E-state index contributed by atoms with van der Waals surface area (Å²) in [5.74, 6) is -0.0997. The second-order valence-electron chi connectivity index (χ2n) is 2.23. The molecule has 0 aromatic rings. The van der Waals surface area contributed by atoms with Crippen LogP contribution >= 0.6 is 22.6 Å². The first kappa shape index (κ1) is 11.7. The first-order valence-corrected chi connectivity index (χ1v) is 5.45. The third-order valence-electron chi connectivity index (χ3n) is 1.24. The van der Waals surface area contributed by atoms with Gasteiger partial charge in [-0.05, 0) is 18.9 Å². The highest BCUT2D eigenvalue weighted by atomic mass is 127. The SMILES string of the molecule is C=CC(=O)NCC/C=C/CCI. The molecule has 0 spiro atoms. The van der Waals surface area contributed by atoms with Gasteiger partial charge in [0.2, 0.25) is 5.91 Å². The molecule has 0 fully saturated rings. The van der Waals surface area contributed by atoms with Crippen LogP contribution in [0.1, 0.15) is 12.8 Å². The van der Waals surface area contributed by atoms with Gasteiger partial charge in [0, 0.05) is 11.0 Å². The minimum Gasteiger partial charge on any atom is -0.352 e. The maximum atomic E-state index is 10.6. The van der Waals surface area contributed by atoms with Crippen molar-refractivity contribution >= 4 is 28.5 Å². The van der Waals surface area contributed by atoms with Crippen molar-refractivity contribution in [1.29, 1.82) is 0 Å². The summed E-state index contributed by atoms with van der Waals surface area (Å²) in [7, 11) is 0. The lowest BCUT2D eigenvalue weighted by molar-refractivity contribution is -0.116. The number of allylic oxidation sites excluding steroid dienone is 1. The van der Waals surface area contributed by atoms with Crippen LogP contribution in [0, 0.1) is 0 Å². The molecular weight excluding hydrogens is 265 g/mol. The van der Waals surface area contributed by atoms with E-state index in [1.807, 2.05) is 0 Å². The molecule has 0 aromatic heterocycles. The fourth-order valence-corrected chi connectivity index (χ4v) is 1.01. The monoisotopic (exact) mass is 279 g/mol. The molecule has 0 aliphatic rings. The van der Waals surface area contributed by atoms with Crippen LogP contribution in [0.25, 0.3) is 0 Å². The number of rotatable bonds is 6. The fourth-order valence-electron chi connectivity index (χ4n) is 0.650. The van der Waals surface area contributed by atoms with Crippen LogP contribution in [0.5, 0.6) is 0 Å². The number of hydrogen-bond donors (Lipinski definition) is 1. The van der Waals surface area contributed by atoms with Gasteiger partial charge in [0.15, 0.2) is 0 Å². The van der Waals surface area contributed by atoms with Crippen molar-refractivity contribution in [3.63, 3.8) is 0 Å². The Balaban J connectivity index is 3.20. The largest absolute Gasteiger partial charge is 0.352 e. The van der Waals surface area contributed by atoms with E-state index < -0.39 is 0 Å². The summed E-state index contributed by atoms with van der Waals surface area (Å²) in [6.45, 7) is 4.05. The number of carbonyl (C=O) groups excluding carboxylic acids is 1. The lowest BCUT2D eigenvalue weighted by atomic mass is 10.3. The molecule has 0 atom stereocenters. The number of alkyl halides is 1. The molecule has 3 heteroatoms. The zero-order chi connectivity index (χ0) is 9.23. The van der Waals surface area contributed by atoms with Crippen molar-refractivity contribution in [1.82, 2.24) is 5.32 Å². The number of amides is 1. The summed E-state index contributed by atoms with van der Waals surface area (Å²) in [5.41, 5.74) is 0. The molecule has 0 radical (unpaired) electrons. The molecule has 1 N–H and O–H groups in total. The van der Waals surface area contributed by atoms with Crippen molar-refractivity contribution in [2.24, 2.45) is 0 Å². The normalized spacial score (nSPS) is 10.1. The third-order valence-corrected chi connectivity index (χ3v) is 1.86. The van der Waals surface area contributed by atoms with Crippen LogP contribution in [-0.4, -0.2) is 16.9 Å². The molecule has 0 unspecified atom stereocenters. The summed E-state index contributed by atoms with van der Waals surface area (Å²) in [6.07, 6.45) is 7.51. The second-order valence-corrected chi connectivity index (χ2v) is 3.31. The van der Waals surface area contributed by atoms with Crippen molar-refractivity contribution in [3.05, 3.63) is 24.8 Å². The van der Waals surface area contributed by atoms with E-state index in [2.05, 4.69) is 46.6 Å². The topological polar surface area (TPSA) is 29.1 Å². The number of halogens is 1. The predicted molar refractivity (Wildman–Crippen MR) is 60.5 cm³/mol. The Morgan fingerprint density at radius 1 is 1.42 bits per heavy atom. The fraction of sp³-hybridized carbons (Fsp3) is 0.444. The van der Waals surface area contributed by atoms with Gasteiger partial charge in [0.25, 0.3) is 0 Å². The molecule has 68 valence electrons. The Morgan fingerprint density at radius 2 is 2.08 bits per heavy atom. The zero-order valence-corrected chi connectivity index (χ0v) is 9.21. The van der Waals surface area contributed by atoms with Crippen molar-refractivity contribution in [3.8, 4) is 0 Å². The molecule has 0 saturated carbocycles. The van der Waals surface area contributed by atoms with Crippen LogP contribution in [0.15, 0.2) is 24.8 Å². The molecule has 0 aromatic carbocycles. The quantitative estimate of drug-likeness (QED) is 0.260. The van der Waals surface area contributed by atoms with E-state index in [4.69, 9.17) is 0 Å². The maximum Gasteiger partial charge on any atom is 0.243 e. The van der Waals surface area contributed by atoms with Crippen LogP contribution in [0.3, 0.4) is 0 Å². The van der Waals surface area contributed by atoms with E-state index >= 15 is 0 Å². The van der Waals surface area contributed by atoms with Gasteiger partial charge < -0.3 is 5.32 Å². The molecule has 0 bridgehead atoms. The average Bonchev–Trinajstić information content (AvgIpc) is 2.10. The molecule has 0 saturated heterocycles. The molecule has 2 nitrogen and oxygen atoms in total. The highest BCUT2D eigenvalue weighted by Gasteiger charge is 1.88. The highest BCUT2D eigenvalue weighted by molar-refractivity contribution is 14.1. The Kier molecular flexibility index (Phi) is 8.54. The minimum atomic E-state index is -0.0997. The molecular formula is C9H14INO. The van der Waals surface area contributed by atoms with E-state index in [1.165, 1.54) is 6.08 Å². The summed E-state index contributed by atoms with van der Waals surface area (Å²) in [5, 5.41) is 2.70. The number of nitrogens with one attached hydrogen (secondary N) is 1. The molecule has 0 aliphatic heterocycles. The molecule has 0 heterocycles. The van der Waals surface area contributed by atoms with Crippen LogP contribution in [0.4, 0.5) is 0 Å². The van der Waals surface area contributed by atoms with Gasteiger partial charge in [0.05, 0.1) is 0 Å². The third kappa shape index (κ3) is 7.78. The number of carbonyl (C=O) groups is 1. The van der Waals surface area contributed by atoms with E-state index in [0.717, 1.165) is 17.3 Å². The summed E-state index contributed by atoms with van der Waals surface area (Å²) >= 11 is 2.33. The first-order valence-electron chi connectivity index (χ1n) is 3.92. The van der Waals surface area contributed by atoms with E-state index in [9.17, 15) is 4.79 Å². The van der Waals surface area contributed by atoms with Gasteiger partial charge in [-0.15, -0.1) is 0 Å². The molecule has 12 heavy (non-hydrogen) atoms. The summed E-state index contributed by atoms with van der Waals surface area (Å²) < 4.78 is 1.15. The van der Waals surface area contributed by atoms with E-state index in [1.54, 1.807) is 0 Å². The van der Waals surface area contributed by atoms with Gasteiger partial charge in [-0.2, -0.15) is 0 Å². The van der Waals surface area contributed by atoms with Crippen LogP contribution in [0.2, 0.25) is 0 Å². The van der Waals surface area contributed by atoms with Gasteiger partial charge in [0.1, 0.15) is 0 Å². The summed E-state index contributed by atoms with van der Waals surface area (Å²) in [4.78, 5) is 10.6. The Bertz CT molecular complexity index is 166. The molecule has 0 aliphatic carbocycles.